The Labute approximate surface area is 200 Å². The molecule has 1 atom stereocenters. The first-order valence-electron chi connectivity index (χ1n) is 12.2. The number of pyridine rings is 2. The summed E-state index contributed by atoms with van der Waals surface area (Å²) in [6, 6.07) is 3.36. The number of carbonyl (C=O) groups is 2. The van der Waals surface area contributed by atoms with Gasteiger partial charge in [-0.15, -0.1) is 0 Å². The molecule has 34 heavy (non-hydrogen) atoms. The molecule has 1 unspecified atom stereocenters. The van der Waals surface area contributed by atoms with Crippen molar-refractivity contribution in [2.75, 3.05) is 18.5 Å². The number of carbonyl (C=O) groups excluding carboxylic acids is 1. The van der Waals surface area contributed by atoms with Crippen molar-refractivity contribution in [2.45, 2.75) is 70.9 Å². The highest BCUT2D eigenvalue weighted by molar-refractivity contribution is 5.98. The van der Waals surface area contributed by atoms with Gasteiger partial charge in [-0.3, -0.25) is 9.78 Å². The maximum absolute atomic E-state index is 12.6. The normalized spacial score (nSPS) is 19.9. The summed E-state index contributed by atoms with van der Waals surface area (Å²) in [5, 5.41) is 15.6. The van der Waals surface area contributed by atoms with E-state index in [0.29, 0.717) is 18.1 Å². The molecule has 0 bridgehead atoms. The third-order valence-electron chi connectivity index (χ3n) is 6.87. The summed E-state index contributed by atoms with van der Waals surface area (Å²) < 4.78 is 5.90. The molecular formula is C26H34N4O4. The number of hydrogen-bond donors (Lipinski definition) is 3. The molecule has 1 amide bonds. The number of fused-ring (bicyclic) bond motifs is 1. The molecule has 1 aliphatic carbocycles. The van der Waals surface area contributed by atoms with E-state index in [2.05, 4.69) is 27.8 Å². The number of carboxylic acid groups (broad SMARTS) is 1. The Morgan fingerprint density at radius 3 is 2.74 bits per heavy atom. The van der Waals surface area contributed by atoms with Crippen LogP contribution in [0.3, 0.4) is 0 Å². The minimum atomic E-state index is -1.06. The Kier molecular flexibility index (Phi) is 7.77. The van der Waals surface area contributed by atoms with Crippen LogP contribution in [-0.2, 0) is 22.4 Å². The van der Waals surface area contributed by atoms with Gasteiger partial charge in [-0.2, -0.15) is 0 Å². The summed E-state index contributed by atoms with van der Waals surface area (Å²) in [7, 11) is 0. The van der Waals surface area contributed by atoms with Gasteiger partial charge in [-0.05, 0) is 81.0 Å². The minimum Gasteiger partial charge on any atom is -0.480 e. The summed E-state index contributed by atoms with van der Waals surface area (Å²) in [6.45, 7) is 4.89. The van der Waals surface area contributed by atoms with Gasteiger partial charge in [0.2, 0.25) is 0 Å². The molecule has 0 aromatic carbocycles. The van der Waals surface area contributed by atoms with Crippen molar-refractivity contribution in [3.05, 3.63) is 52.5 Å². The van der Waals surface area contributed by atoms with Crippen LogP contribution in [0, 0.1) is 19.8 Å². The highest BCUT2D eigenvalue weighted by Gasteiger charge is 2.30. The zero-order chi connectivity index (χ0) is 24.1. The Bertz CT molecular complexity index is 1020. The van der Waals surface area contributed by atoms with E-state index in [1.807, 2.05) is 0 Å². The molecule has 1 aliphatic heterocycles. The van der Waals surface area contributed by atoms with Crippen molar-refractivity contribution >= 4 is 17.7 Å². The number of rotatable bonds is 10. The van der Waals surface area contributed by atoms with E-state index in [9.17, 15) is 14.7 Å². The van der Waals surface area contributed by atoms with E-state index in [4.69, 9.17) is 9.72 Å². The van der Waals surface area contributed by atoms with Crippen LogP contribution in [0.4, 0.5) is 5.82 Å². The number of hydrogen-bond acceptors (Lipinski definition) is 6. The summed E-state index contributed by atoms with van der Waals surface area (Å²) in [5.74, 6) is 0.218. The van der Waals surface area contributed by atoms with E-state index in [-0.39, 0.29) is 18.4 Å². The second kappa shape index (κ2) is 11.0. The van der Waals surface area contributed by atoms with Crippen molar-refractivity contribution in [2.24, 2.45) is 5.92 Å². The van der Waals surface area contributed by atoms with Crippen molar-refractivity contribution in [3.63, 3.8) is 0 Å². The standard InChI is InChI=1S/C26H34N4O4/c1-16-14-27-15-17(2)23(16)25(31)30-22(26(32)33)9-11-34-21-12-18(13-21)5-7-20-8-6-19-4-3-10-28-24(19)29-20/h6,8,14-15,18,21-22H,3-5,7,9-13H2,1-2H3,(H,28,29)(H,30,31)(H,32,33). The van der Waals surface area contributed by atoms with Crippen molar-refractivity contribution in [1.29, 1.82) is 0 Å². The molecule has 0 spiro atoms. The third kappa shape index (κ3) is 5.91. The lowest BCUT2D eigenvalue weighted by Crippen LogP contribution is -2.42. The fourth-order valence-corrected chi connectivity index (χ4v) is 4.81. The van der Waals surface area contributed by atoms with Gasteiger partial charge in [0, 0.05) is 43.2 Å². The van der Waals surface area contributed by atoms with Gasteiger partial charge >= 0.3 is 5.97 Å². The molecule has 8 heteroatoms. The first kappa shape index (κ1) is 24.1. The van der Waals surface area contributed by atoms with E-state index >= 15 is 0 Å². The van der Waals surface area contributed by atoms with Gasteiger partial charge in [-0.1, -0.05) is 6.07 Å². The maximum Gasteiger partial charge on any atom is 0.326 e. The zero-order valence-electron chi connectivity index (χ0n) is 20.0. The highest BCUT2D eigenvalue weighted by Crippen LogP contribution is 2.34. The first-order chi connectivity index (χ1) is 16.4. The van der Waals surface area contributed by atoms with Crippen LogP contribution >= 0.6 is 0 Å². The van der Waals surface area contributed by atoms with E-state index < -0.39 is 12.0 Å². The second-order valence-electron chi connectivity index (χ2n) is 9.51. The topological polar surface area (TPSA) is 113 Å². The predicted octanol–water partition coefficient (Wildman–Crippen LogP) is 3.45. The predicted molar refractivity (Wildman–Crippen MR) is 129 cm³/mol. The Hall–Kier alpha value is -3.00. The molecule has 182 valence electrons. The molecule has 2 aromatic heterocycles. The number of nitrogens with one attached hydrogen (secondary N) is 2. The summed E-state index contributed by atoms with van der Waals surface area (Å²) in [5.41, 5.74) is 4.37. The van der Waals surface area contributed by atoms with Gasteiger partial charge in [0.1, 0.15) is 11.9 Å². The Morgan fingerprint density at radius 2 is 2.00 bits per heavy atom. The van der Waals surface area contributed by atoms with E-state index in [0.717, 1.165) is 61.3 Å². The number of anilines is 1. The van der Waals surface area contributed by atoms with Crippen molar-refractivity contribution in [3.8, 4) is 0 Å². The number of aliphatic carboxylic acids is 1. The number of aromatic nitrogens is 2. The monoisotopic (exact) mass is 466 g/mol. The number of carboxylic acids is 1. The quantitative estimate of drug-likeness (QED) is 0.491. The molecule has 3 heterocycles. The maximum atomic E-state index is 12.6. The molecule has 2 aromatic rings. The summed E-state index contributed by atoms with van der Waals surface area (Å²) >= 11 is 0. The zero-order valence-corrected chi connectivity index (χ0v) is 20.0. The van der Waals surface area contributed by atoms with Crippen LogP contribution in [-0.4, -0.2) is 52.2 Å². The van der Waals surface area contributed by atoms with Crippen molar-refractivity contribution < 1.29 is 19.4 Å². The summed E-state index contributed by atoms with van der Waals surface area (Å²) in [6.07, 6.45) is 9.91. The molecule has 1 fully saturated rings. The van der Waals surface area contributed by atoms with E-state index in [1.165, 1.54) is 12.0 Å². The van der Waals surface area contributed by atoms with Crippen LogP contribution in [0.5, 0.6) is 0 Å². The number of nitrogens with zero attached hydrogens (tertiary/aromatic N) is 2. The van der Waals surface area contributed by atoms with E-state index in [1.54, 1.807) is 26.2 Å². The van der Waals surface area contributed by atoms with Crippen LogP contribution in [0.1, 0.15) is 64.8 Å². The van der Waals surface area contributed by atoms with Gasteiger partial charge in [-0.25, -0.2) is 9.78 Å². The molecular weight excluding hydrogens is 432 g/mol. The Balaban J connectivity index is 1.17. The SMILES string of the molecule is Cc1cncc(C)c1C(=O)NC(CCOC1CC(CCc2ccc3c(n2)NCCC3)C1)C(=O)O. The highest BCUT2D eigenvalue weighted by atomic mass is 16.5. The fraction of sp³-hybridized carbons (Fsp3) is 0.538. The minimum absolute atomic E-state index is 0.165. The average Bonchev–Trinajstić information content (AvgIpc) is 2.78. The van der Waals surface area contributed by atoms with Crippen LogP contribution in [0.2, 0.25) is 0 Å². The van der Waals surface area contributed by atoms with Gasteiger partial charge in [0.25, 0.3) is 5.91 Å². The average molecular weight is 467 g/mol. The number of ether oxygens (including phenoxy) is 1. The van der Waals surface area contributed by atoms with Gasteiger partial charge in [0.15, 0.2) is 0 Å². The molecule has 2 aliphatic rings. The fourth-order valence-electron chi connectivity index (χ4n) is 4.81. The van der Waals surface area contributed by atoms with Crippen molar-refractivity contribution in [1.82, 2.24) is 15.3 Å². The molecule has 8 nitrogen and oxygen atoms in total. The van der Waals surface area contributed by atoms with Gasteiger partial charge in [0.05, 0.1) is 6.10 Å². The lowest BCUT2D eigenvalue weighted by atomic mass is 9.79. The molecule has 0 radical (unpaired) electrons. The van der Waals surface area contributed by atoms with Crippen LogP contribution < -0.4 is 10.6 Å². The summed E-state index contributed by atoms with van der Waals surface area (Å²) in [4.78, 5) is 33.1. The Morgan fingerprint density at radius 1 is 1.24 bits per heavy atom. The number of aryl methyl sites for hydroxylation is 4. The smallest absolute Gasteiger partial charge is 0.326 e. The molecule has 3 N–H and O–H groups in total. The third-order valence-corrected chi connectivity index (χ3v) is 6.87. The molecule has 1 saturated carbocycles. The van der Waals surface area contributed by atoms with Crippen LogP contribution in [0.25, 0.3) is 0 Å². The van der Waals surface area contributed by atoms with Gasteiger partial charge < -0.3 is 20.5 Å². The second-order valence-corrected chi connectivity index (χ2v) is 9.51. The first-order valence-corrected chi connectivity index (χ1v) is 12.2. The number of amides is 1. The molecule has 4 rings (SSSR count). The van der Waals surface area contributed by atoms with Crippen LogP contribution in [0.15, 0.2) is 24.5 Å². The largest absolute Gasteiger partial charge is 0.480 e. The lowest BCUT2D eigenvalue weighted by Gasteiger charge is -2.35. The lowest BCUT2D eigenvalue weighted by molar-refractivity contribution is -0.140. The molecule has 0 saturated heterocycles.